The number of hydrogen-bond acceptors (Lipinski definition) is 2. The third-order valence-corrected chi connectivity index (χ3v) is 2.14. The molecular weight excluding hydrogens is 164 g/mol. The summed E-state index contributed by atoms with van der Waals surface area (Å²) in [7, 11) is 0. The molecule has 0 radical (unpaired) electrons. The van der Waals surface area contributed by atoms with E-state index in [1.54, 1.807) is 6.08 Å². The average molecular weight is 180 g/mol. The molecule has 1 atom stereocenters. The first kappa shape index (κ1) is 10.0. The van der Waals surface area contributed by atoms with E-state index >= 15 is 0 Å². The van der Waals surface area contributed by atoms with Crippen LogP contribution in [0.1, 0.15) is 26.2 Å². The van der Waals surface area contributed by atoms with Crippen LogP contribution in [0, 0.1) is 5.92 Å². The van der Waals surface area contributed by atoms with Gasteiger partial charge in [0.15, 0.2) is 0 Å². The van der Waals surface area contributed by atoms with E-state index in [-0.39, 0.29) is 5.97 Å². The van der Waals surface area contributed by atoms with Crippen LogP contribution >= 0.6 is 0 Å². The maximum absolute atomic E-state index is 11.0. The molecule has 0 bridgehead atoms. The number of carbonyl (C=O) groups excluding carboxylic acids is 1. The number of rotatable bonds is 3. The zero-order valence-electron chi connectivity index (χ0n) is 8.03. The highest BCUT2D eigenvalue weighted by Crippen LogP contribution is 2.18. The fraction of sp³-hybridized carbons (Fsp3) is 0.545. The molecule has 0 aromatic heterocycles. The minimum Gasteiger partial charge on any atom is -0.462 e. The molecule has 1 aliphatic rings. The number of carbonyl (C=O) groups is 1. The Labute approximate surface area is 79.3 Å². The highest BCUT2D eigenvalue weighted by Gasteiger charge is 2.11. The third-order valence-electron chi connectivity index (χ3n) is 2.14. The van der Waals surface area contributed by atoms with Crippen LogP contribution in [0.3, 0.4) is 0 Å². The van der Waals surface area contributed by atoms with E-state index in [1.807, 2.05) is 6.92 Å². The van der Waals surface area contributed by atoms with Crippen molar-refractivity contribution in [3.63, 3.8) is 0 Å². The lowest BCUT2D eigenvalue weighted by Crippen LogP contribution is -2.13. The molecule has 1 rings (SSSR count). The lowest BCUT2D eigenvalue weighted by atomic mass is 9.95. The summed E-state index contributed by atoms with van der Waals surface area (Å²) in [5, 5.41) is 0. The van der Waals surface area contributed by atoms with Crippen LogP contribution in [0.15, 0.2) is 24.3 Å². The van der Waals surface area contributed by atoms with Gasteiger partial charge >= 0.3 is 5.97 Å². The van der Waals surface area contributed by atoms with Gasteiger partial charge in [-0.3, -0.25) is 0 Å². The van der Waals surface area contributed by atoms with E-state index < -0.39 is 0 Å². The van der Waals surface area contributed by atoms with Crippen molar-refractivity contribution in [3.8, 4) is 0 Å². The van der Waals surface area contributed by atoms with Crippen LogP contribution in [0.4, 0.5) is 0 Å². The second-order valence-electron chi connectivity index (χ2n) is 3.28. The summed E-state index contributed by atoms with van der Waals surface area (Å²) >= 11 is 0. The Balaban J connectivity index is 2.18. The molecule has 72 valence electrons. The van der Waals surface area contributed by atoms with Crippen LogP contribution in [-0.2, 0) is 9.53 Å². The Morgan fingerprint density at radius 1 is 1.62 bits per heavy atom. The van der Waals surface area contributed by atoms with Crippen LogP contribution in [0.5, 0.6) is 0 Å². The molecule has 0 aromatic rings. The summed E-state index contributed by atoms with van der Waals surface area (Å²) in [6.45, 7) is 2.37. The molecule has 0 heterocycles. The molecule has 0 fully saturated rings. The Morgan fingerprint density at radius 2 is 2.46 bits per heavy atom. The molecule has 2 heteroatoms. The Kier molecular flexibility index (Phi) is 4.30. The van der Waals surface area contributed by atoms with E-state index in [9.17, 15) is 4.79 Å². The lowest BCUT2D eigenvalue weighted by molar-refractivity contribution is -0.139. The molecule has 0 aromatic carbocycles. The first-order chi connectivity index (χ1) is 6.33. The smallest absolute Gasteiger partial charge is 0.330 e. The SMILES string of the molecule is C/C=C/C(=O)OCC1CC=CCC1. The molecule has 0 saturated carbocycles. The van der Waals surface area contributed by atoms with Crippen LogP contribution in [-0.4, -0.2) is 12.6 Å². The first-order valence-electron chi connectivity index (χ1n) is 4.77. The maximum Gasteiger partial charge on any atom is 0.330 e. The molecule has 0 N–H and O–H groups in total. The summed E-state index contributed by atoms with van der Waals surface area (Å²) < 4.78 is 5.06. The van der Waals surface area contributed by atoms with Gasteiger partial charge in [-0.1, -0.05) is 18.2 Å². The van der Waals surface area contributed by atoms with Crippen molar-refractivity contribution in [2.75, 3.05) is 6.61 Å². The monoisotopic (exact) mass is 180 g/mol. The van der Waals surface area contributed by atoms with Gasteiger partial charge in [-0.25, -0.2) is 4.79 Å². The predicted octanol–water partition coefficient (Wildman–Crippen LogP) is 2.46. The topological polar surface area (TPSA) is 26.3 Å². The van der Waals surface area contributed by atoms with E-state index in [0.717, 1.165) is 19.3 Å². The molecule has 1 aliphatic carbocycles. The predicted molar refractivity (Wildman–Crippen MR) is 52.3 cm³/mol. The molecule has 0 amide bonds. The number of esters is 1. The van der Waals surface area contributed by atoms with Gasteiger partial charge in [-0.15, -0.1) is 0 Å². The Bertz CT molecular complexity index is 216. The Morgan fingerprint density at radius 3 is 3.08 bits per heavy atom. The van der Waals surface area contributed by atoms with Gasteiger partial charge in [0.2, 0.25) is 0 Å². The molecule has 0 aliphatic heterocycles. The fourth-order valence-corrected chi connectivity index (χ4v) is 1.39. The van der Waals surface area contributed by atoms with Gasteiger partial charge in [0.1, 0.15) is 0 Å². The molecule has 2 nitrogen and oxygen atoms in total. The number of ether oxygens (including phenoxy) is 1. The highest BCUT2D eigenvalue weighted by molar-refractivity contribution is 5.81. The second kappa shape index (κ2) is 5.57. The van der Waals surface area contributed by atoms with Gasteiger partial charge in [0.25, 0.3) is 0 Å². The number of allylic oxidation sites excluding steroid dienone is 3. The van der Waals surface area contributed by atoms with Gasteiger partial charge in [0, 0.05) is 6.08 Å². The van der Waals surface area contributed by atoms with E-state index in [1.165, 1.54) is 6.08 Å². The molecule has 13 heavy (non-hydrogen) atoms. The quantitative estimate of drug-likeness (QED) is 0.379. The van der Waals surface area contributed by atoms with Crippen molar-refractivity contribution in [1.29, 1.82) is 0 Å². The van der Waals surface area contributed by atoms with Gasteiger partial charge in [-0.2, -0.15) is 0 Å². The maximum atomic E-state index is 11.0. The molecule has 0 saturated heterocycles. The highest BCUT2D eigenvalue weighted by atomic mass is 16.5. The van der Waals surface area contributed by atoms with E-state index in [2.05, 4.69) is 12.2 Å². The van der Waals surface area contributed by atoms with Gasteiger partial charge < -0.3 is 4.74 Å². The second-order valence-corrected chi connectivity index (χ2v) is 3.28. The van der Waals surface area contributed by atoms with Gasteiger partial charge in [-0.05, 0) is 32.1 Å². The van der Waals surface area contributed by atoms with Crippen molar-refractivity contribution in [1.82, 2.24) is 0 Å². The summed E-state index contributed by atoms with van der Waals surface area (Å²) in [4.78, 5) is 11.0. The minimum atomic E-state index is -0.225. The molecular formula is C11H16O2. The van der Waals surface area contributed by atoms with Crippen LogP contribution in [0.25, 0.3) is 0 Å². The lowest BCUT2D eigenvalue weighted by Gasteiger charge is -2.16. The summed E-state index contributed by atoms with van der Waals surface area (Å²) in [6.07, 6.45) is 10.8. The van der Waals surface area contributed by atoms with Crippen molar-refractivity contribution >= 4 is 5.97 Å². The fourth-order valence-electron chi connectivity index (χ4n) is 1.39. The molecule has 0 spiro atoms. The number of hydrogen-bond donors (Lipinski definition) is 0. The van der Waals surface area contributed by atoms with E-state index in [4.69, 9.17) is 4.74 Å². The Hall–Kier alpha value is -1.05. The minimum absolute atomic E-state index is 0.225. The van der Waals surface area contributed by atoms with Crippen LogP contribution < -0.4 is 0 Å². The van der Waals surface area contributed by atoms with Crippen molar-refractivity contribution in [3.05, 3.63) is 24.3 Å². The summed E-state index contributed by atoms with van der Waals surface area (Å²) in [5.74, 6) is 0.302. The summed E-state index contributed by atoms with van der Waals surface area (Å²) in [6, 6.07) is 0. The van der Waals surface area contributed by atoms with Crippen molar-refractivity contribution in [2.24, 2.45) is 5.92 Å². The van der Waals surface area contributed by atoms with Crippen molar-refractivity contribution < 1.29 is 9.53 Å². The van der Waals surface area contributed by atoms with Gasteiger partial charge in [0.05, 0.1) is 6.61 Å². The van der Waals surface area contributed by atoms with Crippen molar-refractivity contribution in [2.45, 2.75) is 26.2 Å². The molecule has 1 unspecified atom stereocenters. The average Bonchev–Trinajstić information content (AvgIpc) is 2.17. The standard InChI is InChI=1S/C11H16O2/c1-2-6-11(12)13-9-10-7-4-3-5-8-10/h2-4,6,10H,5,7-9H2,1H3/b6-2+. The summed E-state index contributed by atoms with van der Waals surface area (Å²) in [5.41, 5.74) is 0. The van der Waals surface area contributed by atoms with E-state index in [0.29, 0.717) is 12.5 Å². The third kappa shape index (κ3) is 3.92. The normalized spacial score (nSPS) is 22.1. The first-order valence-corrected chi connectivity index (χ1v) is 4.77. The zero-order chi connectivity index (χ0) is 9.52. The van der Waals surface area contributed by atoms with Crippen LogP contribution in [0.2, 0.25) is 0 Å². The zero-order valence-corrected chi connectivity index (χ0v) is 8.03. The largest absolute Gasteiger partial charge is 0.462 e.